The van der Waals surface area contributed by atoms with Gasteiger partial charge in [-0.15, -0.1) is 5.10 Å². The Hall–Kier alpha value is -2.81. The first-order valence-corrected chi connectivity index (χ1v) is 8.66. The van der Waals surface area contributed by atoms with Crippen molar-refractivity contribution in [3.05, 3.63) is 59.2 Å². The molecular formula is C17H15F2N5OS. The van der Waals surface area contributed by atoms with Crippen LogP contribution in [0, 0.1) is 25.5 Å². The normalized spacial score (nSPS) is 10.8. The summed E-state index contributed by atoms with van der Waals surface area (Å²) >= 11 is 1.11. The van der Waals surface area contributed by atoms with Crippen LogP contribution in [0.3, 0.4) is 0 Å². The number of carbonyl (C=O) groups is 1. The molecule has 0 aliphatic heterocycles. The lowest BCUT2D eigenvalue weighted by Crippen LogP contribution is -2.15. The number of halogens is 2. The zero-order chi connectivity index (χ0) is 18.7. The molecule has 2 aromatic carbocycles. The third kappa shape index (κ3) is 4.05. The van der Waals surface area contributed by atoms with Gasteiger partial charge in [-0.25, -0.2) is 8.78 Å². The average Bonchev–Trinajstić information content (AvgIpc) is 3.06. The van der Waals surface area contributed by atoms with Crippen molar-refractivity contribution in [2.75, 3.05) is 11.1 Å². The summed E-state index contributed by atoms with van der Waals surface area (Å²) in [6.45, 7) is 3.99. The van der Waals surface area contributed by atoms with Crippen LogP contribution in [0.25, 0.3) is 5.69 Å². The second kappa shape index (κ2) is 7.61. The fourth-order valence-corrected chi connectivity index (χ4v) is 2.89. The van der Waals surface area contributed by atoms with E-state index in [0.29, 0.717) is 11.2 Å². The molecule has 0 radical (unpaired) electrons. The molecule has 1 heterocycles. The maximum atomic E-state index is 13.6. The third-order valence-corrected chi connectivity index (χ3v) is 4.63. The molecule has 0 spiro atoms. The highest BCUT2D eigenvalue weighted by atomic mass is 32.2. The molecule has 0 saturated heterocycles. The Kier molecular flexibility index (Phi) is 5.27. The van der Waals surface area contributed by atoms with Crippen LogP contribution in [-0.2, 0) is 4.79 Å². The number of hydrogen-bond acceptors (Lipinski definition) is 5. The standard InChI is InChI=1S/C17H15F2N5OS/c1-10-3-5-13(7-11(10)2)24-17(21-22-23-24)26-9-16(25)20-15-6-4-12(18)8-14(15)19/h3-8H,9H2,1-2H3,(H,20,25). The molecule has 0 aliphatic carbocycles. The molecule has 26 heavy (non-hydrogen) atoms. The van der Waals surface area contributed by atoms with Crippen LogP contribution in [0.2, 0.25) is 0 Å². The fourth-order valence-electron chi connectivity index (χ4n) is 2.20. The van der Waals surface area contributed by atoms with Gasteiger partial charge in [0, 0.05) is 6.07 Å². The number of nitrogens with zero attached hydrogens (tertiary/aromatic N) is 4. The lowest BCUT2D eigenvalue weighted by atomic mass is 10.1. The highest BCUT2D eigenvalue weighted by Gasteiger charge is 2.13. The average molecular weight is 375 g/mol. The van der Waals surface area contributed by atoms with Gasteiger partial charge in [-0.3, -0.25) is 4.79 Å². The number of nitrogens with one attached hydrogen (secondary N) is 1. The van der Waals surface area contributed by atoms with Gasteiger partial charge in [0.1, 0.15) is 11.6 Å². The quantitative estimate of drug-likeness (QED) is 0.693. The Morgan fingerprint density at radius 1 is 1.15 bits per heavy atom. The molecule has 1 aromatic heterocycles. The summed E-state index contributed by atoms with van der Waals surface area (Å²) in [7, 11) is 0. The SMILES string of the molecule is Cc1ccc(-n2nnnc2SCC(=O)Nc2ccc(F)cc2F)cc1C. The summed E-state index contributed by atoms with van der Waals surface area (Å²) in [6.07, 6.45) is 0. The Bertz CT molecular complexity index is 960. The molecule has 0 saturated carbocycles. The largest absolute Gasteiger partial charge is 0.323 e. The minimum Gasteiger partial charge on any atom is -0.323 e. The maximum Gasteiger partial charge on any atom is 0.234 e. The topological polar surface area (TPSA) is 72.7 Å². The van der Waals surface area contributed by atoms with Crippen LogP contribution >= 0.6 is 11.8 Å². The first kappa shape index (κ1) is 18.0. The third-order valence-electron chi connectivity index (χ3n) is 3.71. The van der Waals surface area contributed by atoms with Gasteiger partial charge in [0.2, 0.25) is 11.1 Å². The molecule has 0 fully saturated rings. The molecule has 3 aromatic rings. The summed E-state index contributed by atoms with van der Waals surface area (Å²) in [5, 5.41) is 14.3. The molecule has 0 bridgehead atoms. The van der Waals surface area contributed by atoms with E-state index in [1.807, 2.05) is 32.0 Å². The Labute approximate surface area is 152 Å². The molecule has 0 atom stereocenters. The van der Waals surface area contributed by atoms with Crippen LogP contribution in [0.15, 0.2) is 41.6 Å². The predicted molar refractivity (Wildman–Crippen MR) is 94.3 cm³/mol. The Balaban J connectivity index is 1.68. The number of tetrazole rings is 1. The lowest BCUT2D eigenvalue weighted by molar-refractivity contribution is -0.113. The van der Waals surface area contributed by atoms with Crippen LogP contribution in [-0.4, -0.2) is 31.9 Å². The molecule has 9 heteroatoms. The van der Waals surface area contributed by atoms with E-state index in [4.69, 9.17) is 0 Å². The molecule has 134 valence electrons. The molecule has 3 rings (SSSR count). The van der Waals surface area contributed by atoms with Gasteiger partial charge in [-0.2, -0.15) is 4.68 Å². The van der Waals surface area contributed by atoms with Crippen LogP contribution < -0.4 is 5.32 Å². The minimum absolute atomic E-state index is 0.0258. The van der Waals surface area contributed by atoms with Crippen LogP contribution in [0.5, 0.6) is 0 Å². The van der Waals surface area contributed by atoms with E-state index < -0.39 is 17.5 Å². The van der Waals surface area contributed by atoms with Gasteiger partial charge in [-0.1, -0.05) is 17.8 Å². The van der Waals surface area contributed by atoms with E-state index in [9.17, 15) is 13.6 Å². The number of amides is 1. The molecular weight excluding hydrogens is 360 g/mol. The number of rotatable bonds is 5. The number of carbonyl (C=O) groups excluding carboxylic acids is 1. The highest BCUT2D eigenvalue weighted by Crippen LogP contribution is 2.21. The van der Waals surface area contributed by atoms with Crippen molar-refractivity contribution in [3.63, 3.8) is 0 Å². The Morgan fingerprint density at radius 3 is 2.69 bits per heavy atom. The number of aromatic nitrogens is 4. The van der Waals surface area contributed by atoms with Gasteiger partial charge in [-0.05, 0) is 59.7 Å². The monoisotopic (exact) mass is 375 g/mol. The van der Waals surface area contributed by atoms with E-state index in [1.54, 1.807) is 0 Å². The maximum absolute atomic E-state index is 13.6. The van der Waals surface area contributed by atoms with Gasteiger partial charge in [0.15, 0.2) is 0 Å². The van der Waals surface area contributed by atoms with E-state index in [0.717, 1.165) is 34.6 Å². The van der Waals surface area contributed by atoms with Crippen molar-refractivity contribution >= 4 is 23.4 Å². The minimum atomic E-state index is -0.830. The molecule has 0 unspecified atom stereocenters. The van der Waals surface area contributed by atoms with E-state index in [-0.39, 0.29) is 11.4 Å². The van der Waals surface area contributed by atoms with Crippen molar-refractivity contribution in [2.45, 2.75) is 19.0 Å². The molecule has 1 N–H and O–H groups in total. The fraction of sp³-hybridized carbons (Fsp3) is 0.176. The molecule has 1 amide bonds. The first-order valence-electron chi connectivity index (χ1n) is 7.68. The van der Waals surface area contributed by atoms with Crippen LogP contribution in [0.4, 0.5) is 14.5 Å². The summed E-state index contributed by atoms with van der Waals surface area (Å²) in [4.78, 5) is 12.0. The number of thioether (sulfide) groups is 1. The smallest absolute Gasteiger partial charge is 0.234 e. The highest BCUT2D eigenvalue weighted by molar-refractivity contribution is 7.99. The van der Waals surface area contributed by atoms with Crippen molar-refractivity contribution < 1.29 is 13.6 Å². The number of benzene rings is 2. The number of hydrogen-bond donors (Lipinski definition) is 1. The zero-order valence-corrected chi connectivity index (χ0v) is 14.8. The first-order chi connectivity index (χ1) is 12.4. The summed E-state index contributed by atoms with van der Waals surface area (Å²) in [5.74, 6) is -2.01. The van der Waals surface area contributed by atoms with E-state index in [2.05, 4.69) is 20.8 Å². The van der Waals surface area contributed by atoms with Crippen molar-refractivity contribution in [2.24, 2.45) is 0 Å². The summed E-state index contributed by atoms with van der Waals surface area (Å²) in [6, 6.07) is 8.76. The zero-order valence-electron chi connectivity index (χ0n) is 14.0. The van der Waals surface area contributed by atoms with Crippen molar-refractivity contribution in [1.82, 2.24) is 20.2 Å². The van der Waals surface area contributed by atoms with Crippen molar-refractivity contribution in [1.29, 1.82) is 0 Å². The second-order valence-electron chi connectivity index (χ2n) is 5.60. The Morgan fingerprint density at radius 2 is 1.96 bits per heavy atom. The predicted octanol–water partition coefficient (Wildman–Crippen LogP) is 3.29. The lowest BCUT2D eigenvalue weighted by Gasteiger charge is -2.08. The van der Waals surface area contributed by atoms with Gasteiger partial charge in [0.05, 0.1) is 17.1 Å². The molecule has 0 aliphatic rings. The van der Waals surface area contributed by atoms with Crippen LogP contribution in [0.1, 0.15) is 11.1 Å². The number of anilines is 1. The van der Waals surface area contributed by atoms with Gasteiger partial charge in [0.25, 0.3) is 0 Å². The van der Waals surface area contributed by atoms with Crippen molar-refractivity contribution in [3.8, 4) is 5.69 Å². The van der Waals surface area contributed by atoms with Gasteiger partial charge < -0.3 is 5.32 Å². The second-order valence-corrected chi connectivity index (χ2v) is 6.55. The summed E-state index contributed by atoms with van der Waals surface area (Å²) < 4.78 is 28.0. The van der Waals surface area contributed by atoms with E-state index in [1.165, 1.54) is 10.7 Å². The van der Waals surface area contributed by atoms with Gasteiger partial charge >= 0.3 is 0 Å². The number of aryl methyl sites for hydroxylation is 2. The summed E-state index contributed by atoms with van der Waals surface area (Å²) in [5.41, 5.74) is 2.95. The molecule has 6 nitrogen and oxygen atoms in total. The van der Waals surface area contributed by atoms with E-state index >= 15 is 0 Å².